The van der Waals surface area contributed by atoms with Gasteiger partial charge in [-0.2, -0.15) is 13.2 Å². The lowest BCUT2D eigenvalue weighted by atomic mass is 9.80. The van der Waals surface area contributed by atoms with E-state index in [0.717, 1.165) is 31.5 Å². The molecular weight excluding hydrogens is 267 g/mol. The highest BCUT2D eigenvalue weighted by molar-refractivity contribution is 5.65. The van der Waals surface area contributed by atoms with Gasteiger partial charge in [0.1, 0.15) is 5.69 Å². The highest BCUT2D eigenvalue weighted by Crippen LogP contribution is 2.34. The first-order valence-corrected chi connectivity index (χ1v) is 6.86. The van der Waals surface area contributed by atoms with Crippen molar-refractivity contribution in [3.63, 3.8) is 0 Å². The molecule has 6 heteroatoms. The van der Waals surface area contributed by atoms with Crippen molar-refractivity contribution in [2.75, 3.05) is 11.1 Å². The third-order valence-electron chi connectivity index (χ3n) is 4.00. The zero-order chi connectivity index (χ0) is 14.9. The molecule has 1 heterocycles. The van der Waals surface area contributed by atoms with Crippen molar-refractivity contribution in [3.05, 3.63) is 18.0 Å². The average molecular weight is 287 g/mol. The molecule has 20 heavy (non-hydrogen) atoms. The summed E-state index contributed by atoms with van der Waals surface area (Å²) in [4.78, 5) is 3.34. The van der Waals surface area contributed by atoms with Crippen LogP contribution in [-0.4, -0.2) is 11.0 Å². The van der Waals surface area contributed by atoms with Crippen molar-refractivity contribution in [1.82, 2.24) is 4.98 Å². The monoisotopic (exact) mass is 287 g/mol. The summed E-state index contributed by atoms with van der Waals surface area (Å²) < 4.78 is 38.0. The molecule has 1 aromatic rings. The highest BCUT2D eigenvalue weighted by Gasteiger charge is 2.33. The molecule has 1 fully saturated rings. The molecular formula is C14H20F3N3. The van der Waals surface area contributed by atoms with Crippen LogP contribution in [-0.2, 0) is 6.18 Å². The van der Waals surface area contributed by atoms with E-state index in [-0.39, 0.29) is 11.7 Å². The van der Waals surface area contributed by atoms with E-state index in [0.29, 0.717) is 17.5 Å². The van der Waals surface area contributed by atoms with Crippen LogP contribution in [0.1, 0.15) is 38.8 Å². The van der Waals surface area contributed by atoms with E-state index >= 15 is 0 Å². The van der Waals surface area contributed by atoms with Gasteiger partial charge in [-0.1, -0.05) is 13.8 Å². The Labute approximate surface area is 116 Å². The standard InChI is InChI=1S/C14H20F3N3/c1-8-3-4-11(9(2)5-8)20-12-6-13(14(15,16)17)19-7-10(12)18/h6-9,11H,3-5,18H2,1-2H3,(H,19,20). The fourth-order valence-electron chi connectivity index (χ4n) is 2.83. The Hall–Kier alpha value is -1.46. The summed E-state index contributed by atoms with van der Waals surface area (Å²) in [6, 6.07) is 1.16. The van der Waals surface area contributed by atoms with E-state index in [1.807, 2.05) is 0 Å². The minimum absolute atomic E-state index is 0.164. The molecule has 3 nitrogen and oxygen atoms in total. The zero-order valence-electron chi connectivity index (χ0n) is 11.7. The lowest BCUT2D eigenvalue weighted by molar-refractivity contribution is -0.141. The summed E-state index contributed by atoms with van der Waals surface area (Å²) in [7, 11) is 0. The minimum Gasteiger partial charge on any atom is -0.396 e. The second kappa shape index (κ2) is 5.50. The minimum atomic E-state index is -4.45. The van der Waals surface area contributed by atoms with E-state index in [2.05, 4.69) is 24.1 Å². The number of rotatable bonds is 2. The van der Waals surface area contributed by atoms with Gasteiger partial charge in [-0.25, -0.2) is 4.98 Å². The molecule has 1 saturated carbocycles. The predicted octanol–water partition coefficient (Wildman–Crippen LogP) is 3.92. The molecule has 0 saturated heterocycles. The quantitative estimate of drug-likeness (QED) is 0.866. The zero-order valence-corrected chi connectivity index (χ0v) is 11.7. The van der Waals surface area contributed by atoms with E-state index in [1.165, 1.54) is 0 Å². The molecule has 0 spiro atoms. The molecule has 1 aromatic heterocycles. The lowest BCUT2D eigenvalue weighted by Crippen LogP contribution is -2.33. The van der Waals surface area contributed by atoms with Gasteiger partial charge in [-0.3, -0.25) is 0 Å². The molecule has 0 aromatic carbocycles. The molecule has 0 amide bonds. The number of alkyl halides is 3. The van der Waals surface area contributed by atoms with Crippen LogP contribution < -0.4 is 11.1 Å². The van der Waals surface area contributed by atoms with Crippen LogP contribution >= 0.6 is 0 Å². The number of nitrogens with two attached hydrogens (primary N) is 1. The second-order valence-corrected chi connectivity index (χ2v) is 5.80. The molecule has 0 bridgehead atoms. The fraction of sp³-hybridized carbons (Fsp3) is 0.643. The van der Waals surface area contributed by atoms with Gasteiger partial charge in [0.25, 0.3) is 0 Å². The number of pyridine rings is 1. The smallest absolute Gasteiger partial charge is 0.396 e. The maximum atomic E-state index is 12.7. The van der Waals surface area contributed by atoms with Crippen molar-refractivity contribution in [1.29, 1.82) is 0 Å². The number of nitrogen functional groups attached to an aromatic ring is 1. The maximum absolute atomic E-state index is 12.7. The van der Waals surface area contributed by atoms with Crippen LogP contribution in [0, 0.1) is 11.8 Å². The number of halogens is 3. The third kappa shape index (κ3) is 3.35. The second-order valence-electron chi connectivity index (χ2n) is 5.80. The Morgan fingerprint density at radius 2 is 2.00 bits per heavy atom. The SMILES string of the molecule is CC1CCC(Nc2cc(C(F)(F)F)ncc2N)C(C)C1. The number of nitrogens with one attached hydrogen (secondary N) is 1. The van der Waals surface area contributed by atoms with Gasteiger partial charge in [0.15, 0.2) is 0 Å². The van der Waals surface area contributed by atoms with E-state index in [4.69, 9.17) is 5.73 Å². The van der Waals surface area contributed by atoms with E-state index < -0.39 is 11.9 Å². The first kappa shape index (κ1) is 14.9. The van der Waals surface area contributed by atoms with Crippen molar-refractivity contribution >= 4 is 11.4 Å². The van der Waals surface area contributed by atoms with Crippen LogP contribution in [0.25, 0.3) is 0 Å². The Kier molecular flexibility index (Phi) is 4.11. The van der Waals surface area contributed by atoms with Gasteiger partial charge in [0.2, 0.25) is 0 Å². The summed E-state index contributed by atoms with van der Waals surface area (Å²) in [5.41, 5.74) is 5.40. The van der Waals surface area contributed by atoms with Crippen LogP contribution in [0.3, 0.4) is 0 Å². The summed E-state index contributed by atoms with van der Waals surface area (Å²) >= 11 is 0. The van der Waals surface area contributed by atoms with Gasteiger partial charge in [-0.05, 0) is 37.2 Å². The number of anilines is 2. The molecule has 112 valence electrons. The van der Waals surface area contributed by atoms with Crippen molar-refractivity contribution in [3.8, 4) is 0 Å². The van der Waals surface area contributed by atoms with Gasteiger partial charge >= 0.3 is 6.18 Å². The Morgan fingerprint density at radius 1 is 1.30 bits per heavy atom. The van der Waals surface area contributed by atoms with Gasteiger partial charge in [0.05, 0.1) is 17.6 Å². The molecule has 0 aliphatic heterocycles. The lowest BCUT2D eigenvalue weighted by Gasteiger charge is -2.34. The van der Waals surface area contributed by atoms with Crippen LogP contribution in [0.2, 0.25) is 0 Å². The third-order valence-corrected chi connectivity index (χ3v) is 4.00. The summed E-state index contributed by atoms with van der Waals surface area (Å²) in [6.45, 7) is 4.32. The molecule has 0 radical (unpaired) electrons. The van der Waals surface area contributed by atoms with Gasteiger partial charge in [0, 0.05) is 6.04 Å². The Balaban J connectivity index is 2.16. The van der Waals surface area contributed by atoms with Crippen molar-refractivity contribution in [2.24, 2.45) is 11.8 Å². The average Bonchev–Trinajstić information content (AvgIpc) is 2.33. The maximum Gasteiger partial charge on any atom is 0.433 e. The number of nitrogens with zero attached hydrogens (tertiary/aromatic N) is 1. The summed E-state index contributed by atoms with van der Waals surface area (Å²) in [5.74, 6) is 1.09. The van der Waals surface area contributed by atoms with E-state index in [1.54, 1.807) is 0 Å². The van der Waals surface area contributed by atoms with Crippen molar-refractivity contribution < 1.29 is 13.2 Å². The fourth-order valence-corrected chi connectivity index (χ4v) is 2.83. The largest absolute Gasteiger partial charge is 0.433 e. The van der Waals surface area contributed by atoms with Gasteiger partial charge in [-0.15, -0.1) is 0 Å². The first-order valence-electron chi connectivity index (χ1n) is 6.86. The number of aromatic nitrogens is 1. The van der Waals surface area contributed by atoms with Crippen LogP contribution in [0.15, 0.2) is 12.3 Å². The Morgan fingerprint density at radius 3 is 2.60 bits per heavy atom. The summed E-state index contributed by atoms with van der Waals surface area (Å²) in [5, 5.41) is 3.17. The Bertz CT molecular complexity index is 473. The normalized spacial score (nSPS) is 27.4. The predicted molar refractivity (Wildman–Crippen MR) is 73.2 cm³/mol. The molecule has 1 aliphatic rings. The highest BCUT2D eigenvalue weighted by atomic mass is 19.4. The topological polar surface area (TPSA) is 50.9 Å². The van der Waals surface area contributed by atoms with Crippen molar-refractivity contribution in [2.45, 2.75) is 45.3 Å². The molecule has 3 atom stereocenters. The first-order chi connectivity index (χ1) is 9.27. The summed E-state index contributed by atoms with van der Waals surface area (Å²) in [6.07, 6.45) is -0.266. The van der Waals surface area contributed by atoms with E-state index in [9.17, 15) is 13.2 Å². The number of hydrogen-bond acceptors (Lipinski definition) is 3. The molecule has 3 N–H and O–H groups in total. The van der Waals surface area contributed by atoms with Crippen LogP contribution in [0.5, 0.6) is 0 Å². The van der Waals surface area contributed by atoms with Crippen LogP contribution in [0.4, 0.5) is 24.5 Å². The molecule has 2 rings (SSSR count). The molecule has 1 aliphatic carbocycles. The molecule has 3 unspecified atom stereocenters. The van der Waals surface area contributed by atoms with Gasteiger partial charge < -0.3 is 11.1 Å². The number of hydrogen-bond donors (Lipinski definition) is 2.